The first kappa shape index (κ1) is 15.9. The SMILES string of the molecule is O=C(NCCOC1CCCCC1)c1ccc(Br)cc1S. The average molecular weight is 358 g/mol. The van der Waals surface area contributed by atoms with E-state index < -0.39 is 0 Å². The van der Waals surface area contributed by atoms with E-state index in [1.807, 2.05) is 12.1 Å². The normalized spacial score (nSPS) is 16.1. The van der Waals surface area contributed by atoms with Gasteiger partial charge < -0.3 is 10.1 Å². The third-order valence-electron chi connectivity index (χ3n) is 3.50. The summed E-state index contributed by atoms with van der Waals surface area (Å²) in [6.07, 6.45) is 6.54. The fourth-order valence-electron chi connectivity index (χ4n) is 2.41. The molecule has 0 aromatic heterocycles. The molecule has 1 saturated carbocycles. The summed E-state index contributed by atoms with van der Waals surface area (Å²) in [4.78, 5) is 12.7. The molecular weight excluding hydrogens is 338 g/mol. The molecule has 20 heavy (non-hydrogen) atoms. The van der Waals surface area contributed by atoms with Crippen molar-refractivity contribution in [3.63, 3.8) is 0 Å². The van der Waals surface area contributed by atoms with Crippen molar-refractivity contribution in [2.24, 2.45) is 0 Å². The lowest BCUT2D eigenvalue weighted by Gasteiger charge is -2.22. The van der Waals surface area contributed by atoms with Crippen molar-refractivity contribution in [2.75, 3.05) is 13.2 Å². The van der Waals surface area contributed by atoms with Gasteiger partial charge in [0.15, 0.2) is 0 Å². The second kappa shape index (κ2) is 8.05. The monoisotopic (exact) mass is 357 g/mol. The molecule has 0 radical (unpaired) electrons. The fourth-order valence-corrected chi connectivity index (χ4v) is 3.27. The third-order valence-corrected chi connectivity index (χ3v) is 4.36. The second-order valence-electron chi connectivity index (χ2n) is 5.05. The van der Waals surface area contributed by atoms with Crippen LogP contribution < -0.4 is 5.32 Å². The number of ether oxygens (including phenoxy) is 1. The van der Waals surface area contributed by atoms with Crippen molar-refractivity contribution in [3.8, 4) is 0 Å². The Morgan fingerprint density at radius 1 is 1.35 bits per heavy atom. The van der Waals surface area contributed by atoms with Gasteiger partial charge in [0.1, 0.15) is 0 Å². The van der Waals surface area contributed by atoms with Crippen LogP contribution in [-0.4, -0.2) is 25.2 Å². The molecule has 3 nitrogen and oxygen atoms in total. The molecule has 1 aliphatic carbocycles. The zero-order valence-corrected chi connectivity index (χ0v) is 13.9. The van der Waals surface area contributed by atoms with E-state index in [4.69, 9.17) is 4.74 Å². The van der Waals surface area contributed by atoms with E-state index in [1.165, 1.54) is 19.3 Å². The van der Waals surface area contributed by atoms with Gasteiger partial charge in [0, 0.05) is 15.9 Å². The van der Waals surface area contributed by atoms with Crippen LogP contribution >= 0.6 is 28.6 Å². The van der Waals surface area contributed by atoms with Crippen LogP contribution in [0.1, 0.15) is 42.5 Å². The topological polar surface area (TPSA) is 38.3 Å². The first-order chi connectivity index (χ1) is 9.66. The Morgan fingerprint density at radius 2 is 2.10 bits per heavy atom. The summed E-state index contributed by atoms with van der Waals surface area (Å²) in [5.74, 6) is -0.102. The van der Waals surface area contributed by atoms with Crippen molar-refractivity contribution < 1.29 is 9.53 Å². The van der Waals surface area contributed by atoms with Crippen LogP contribution in [0.3, 0.4) is 0 Å². The Hall–Kier alpha value is -0.520. The summed E-state index contributed by atoms with van der Waals surface area (Å²) in [5, 5.41) is 2.87. The number of carbonyl (C=O) groups is 1. The number of thiol groups is 1. The summed E-state index contributed by atoms with van der Waals surface area (Å²) in [5.41, 5.74) is 0.592. The Morgan fingerprint density at radius 3 is 2.80 bits per heavy atom. The van der Waals surface area contributed by atoms with E-state index in [1.54, 1.807) is 6.07 Å². The number of rotatable bonds is 5. The van der Waals surface area contributed by atoms with Gasteiger partial charge in [0.2, 0.25) is 0 Å². The van der Waals surface area contributed by atoms with Gasteiger partial charge in [-0.2, -0.15) is 0 Å². The highest BCUT2D eigenvalue weighted by atomic mass is 79.9. The minimum Gasteiger partial charge on any atom is -0.376 e. The highest BCUT2D eigenvalue weighted by Gasteiger charge is 2.14. The predicted molar refractivity (Wildman–Crippen MR) is 86.6 cm³/mol. The predicted octanol–water partition coefficient (Wildman–Crippen LogP) is 3.82. The van der Waals surface area contributed by atoms with Crippen LogP contribution in [0.15, 0.2) is 27.6 Å². The largest absolute Gasteiger partial charge is 0.376 e. The number of halogens is 1. The van der Waals surface area contributed by atoms with E-state index in [2.05, 4.69) is 33.9 Å². The Labute approximate surface area is 134 Å². The minimum absolute atomic E-state index is 0.102. The number of carbonyl (C=O) groups excluding carboxylic acids is 1. The van der Waals surface area contributed by atoms with Gasteiger partial charge in [-0.05, 0) is 31.0 Å². The standard InChI is InChI=1S/C15H20BrNO2S/c16-11-6-7-13(14(20)10-11)15(18)17-8-9-19-12-4-2-1-3-5-12/h6-7,10,12,20H,1-5,8-9H2,(H,17,18). The van der Waals surface area contributed by atoms with Crippen LogP contribution in [-0.2, 0) is 4.74 Å². The van der Waals surface area contributed by atoms with Crippen LogP contribution in [0.2, 0.25) is 0 Å². The molecule has 0 heterocycles. The minimum atomic E-state index is -0.102. The van der Waals surface area contributed by atoms with Crippen LogP contribution in [0.25, 0.3) is 0 Å². The summed E-state index contributed by atoms with van der Waals surface area (Å²) < 4.78 is 6.69. The maximum atomic E-state index is 12.0. The molecule has 1 amide bonds. The highest BCUT2D eigenvalue weighted by molar-refractivity contribution is 9.10. The number of benzene rings is 1. The molecule has 2 rings (SSSR count). The lowest BCUT2D eigenvalue weighted by Crippen LogP contribution is -2.29. The Kier molecular flexibility index (Phi) is 6.39. The van der Waals surface area contributed by atoms with E-state index in [-0.39, 0.29) is 5.91 Å². The van der Waals surface area contributed by atoms with Gasteiger partial charge in [-0.15, -0.1) is 12.6 Å². The lowest BCUT2D eigenvalue weighted by atomic mass is 9.98. The first-order valence-corrected chi connectivity index (χ1v) is 8.29. The first-order valence-electron chi connectivity index (χ1n) is 7.05. The Balaban J connectivity index is 1.72. The molecule has 0 saturated heterocycles. The number of nitrogens with one attached hydrogen (secondary N) is 1. The third kappa shape index (κ3) is 4.79. The summed E-state index contributed by atoms with van der Waals surface area (Å²) in [6, 6.07) is 5.42. The van der Waals surface area contributed by atoms with Gasteiger partial charge in [0.25, 0.3) is 5.91 Å². The molecule has 1 aromatic carbocycles. The molecule has 110 valence electrons. The van der Waals surface area contributed by atoms with Crippen LogP contribution in [0, 0.1) is 0 Å². The summed E-state index contributed by atoms with van der Waals surface area (Å²) in [6.45, 7) is 1.12. The van der Waals surface area contributed by atoms with Crippen molar-refractivity contribution in [1.29, 1.82) is 0 Å². The molecule has 0 bridgehead atoms. The van der Waals surface area contributed by atoms with Gasteiger partial charge in [-0.1, -0.05) is 35.2 Å². The number of hydrogen-bond acceptors (Lipinski definition) is 3. The molecule has 5 heteroatoms. The van der Waals surface area contributed by atoms with Crippen LogP contribution in [0.4, 0.5) is 0 Å². The molecule has 1 fully saturated rings. The van der Waals surface area contributed by atoms with E-state index in [0.717, 1.165) is 17.3 Å². The molecule has 0 atom stereocenters. The molecule has 0 spiro atoms. The second-order valence-corrected chi connectivity index (χ2v) is 6.45. The van der Waals surface area contributed by atoms with E-state index >= 15 is 0 Å². The smallest absolute Gasteiger partial charge is 0.252 e. The Bertz CT molecular complexity index is 461. The van der Waals surface area contributed by atoms with E-state index in [0.29, 0.717) is 29.7 Å². The summed E-state index contributed by atoms with van der Waals surface area (Å²) >= 11 is 7.67. The zero-order chi connectivity index (χ0) is 14.4. The fraction of sp³-hybridized carbons (Fsp3) is 0.533. The van der Waals surface area contributed by atoms with Gasteiger partial charge >= 0.3 is 0 Å². The molecule has 1 N–H and O–H groups in total. The lowest BCUT2D eigenvalue weighted by molar-refractivity contribution is 0.0299. The quantitative estimate of drug-likeness (QED) is 0.620. The number of amides is 1. The molecule has 1 aromatic rings. The molecule has 0 unspecified atom stereocenters. The van der Waals surface area contributed by atoms with Crippen LogP contribution in [0.5, 0.6) is 0 Å². The number of hydrogen-bond donors (Lipinski definition) is 2. The summed E-state index contributed by atoms with van der Waals surface area (Å²) in [7, 11) is 0. The van der Waals surface area contributed by atoms with Gasteiger partial charge in [0.05, 0.1) is 18.3 Å². The zero-order valence-electron chi connectivity index (χ0n) is 11.4. The van der Waals surface area contributed by atoms with Crippen molar-refractivity contribution in [2.45, 2.75) is 43.1 Å². The molecule has 0 aliphatic heterocycles. The highest BCUT2D eigenvalue weighted by Crippen LogP contribution is 2.20. The van der Waals surface area contributed by atoms with Crippen molar-refractivity contribution in [1.82, 2.24) is 5.32 Å². The van der Waals surface area contributed by atoms with Gasteiger partial charge in [-0.25, -0.2) is 0 Å². The van der Waals surface area contributed by atoms with Crippen molar-refractivity contribution >= 4 is 34.5 Å². The maximum absolute atomic E-state index is 12.0. The molecular formula is C15H20BrNO2S. The average Bonchev–Trinajstić information content (AvgIpc) is 2.44. The maximum Gasteiger partial charge on any atom is 0.252 e. The van der Waals surface area contributed by atoms with E-state index in [9.17, 15) is 4.79 Å². The van der Waals surface area contributed by atoms with Crippen molar-refractivity contribution in [3.05, 3.63) is 28.2 Å². The van der Waals surface area contributed by atoms with Gasteiger partial charge in [-0.3, -0.25) is 4.79 Å². The molecule has 1 aliphatic rings.